The molecule has 0 saturated heterocycles. The predicted octanol–water partition coefficient (Wildman–Crippen LogP) is 1.72. The minimum Gasteiger partial charge on any atom is -0.366 e. The number of nitrogens with one attached hydrogen (secondary N) is 1. The van der Waals surface area contributed by atoms with E-state index in [2.05, 4.69) is 5.32 Å². The molecule has 0 aromatic heterocycles. The van der Waals surface area contributed by atoms with Crippen LogP contribution >= 0.6 is 0 Å². The highest BCUT2D eigenvalue weighted by molar-refractivity contribution is 5.77. The topological polar surface area (TPSA) is 38.3 Å². The van der Waals surface area contributed by atoms with Crippen molar-refractivity contribution in [2.24, 2.45) is 5.92 Å². The Kier molecular flexibility index (Phi) is 3.93. The van der Waals surface area contributed by atoms with Crippen LogP contribution in [-0.2, 0) is 9.53 Å². The molecule has 0 radical (unpaired) electrons. The number of ether oxygens (including phenoxy) is 1. The van der Waals surface area contributed by atoms with E-state index in [9.17, 15) is 4.79 Å². The smallest absolute Gasteiger partial charge is 0.246 e. The molecule has 3 nitrogen and oxygen atoms in total. The van der Waals surface area contributed by atoms with Crippen molar-refractivity contribution in [3.8, 4) is 0 Å². The Morgan fingerprint density at radius 3 is 2.50 bits per heavy atom. The Hall–Kier alpha value is -0.570. The van der Waals surface area contributed by atoms with Gasteiger partial charge in [0.2, 0.25) is 5.91 Å². The molecule has 0 aromatic rings. The van der Waals surface area contributed by atoms with Gasteiger partial charge in [-0.05, 0) is 39.5 Å². The van der Waals surface area contributed by atoms with Crippen molar-refractivity contribution in [3.05, 3.63) is 0 Å². The van der Waals surface area contributed by atoms with E-state index in [0.29, 0.717) is 5.92 Å². The van der Waals surface area contributed by atoms with E-state index >= 15 is 0 Å². The van der Waals surface area contributed by atoms with Crippen molar-refractivity contribution in [1.29, 1.82) is 0 Å². The maximum atomic E-state index is 11.3. The lowest BCUT2D eigenvalue weighted by molar-refractivity contribution is -0.130. The standard InChI is InChI=1S/C11H21NO2/c1-11(2,3)14-8-10(13)12-7-9-5-4-6-9/h9H,4-8H2,1-3H3,(H,12,13). The molecule has 0 atom stereocenters. The van der Waals surface area contributed by atoms with Crippen molar-refractivity contribution in [1.82, 2.24) is 5.32 Å². The van der Waals surface area contributed by atoms with Gasteiger partial charge in [0, 0.05) is 6.54 Å². The molecule has 1 aliphatic carbocycles. The second-order valence-corrected chi connectivity index (χ2v) is 5.00. The van der Waals surface area contributed by atoms with Crippen LogP contribution in [0.4, 0.5) is 0 Å². The van der Waals surface area contributed by atoms with Crippen molar-refractivity contribution < 1.29 is 9.53 Å². The Morgan fingerprint density at radius 2 is 2.07 bits per heavy atom. The van der Waals surface area contributed by atoms with E-state index in [1.807, 2.05) is 20.8 Å². The number of hydrogen-bond donors (Lipinski definition) is 1. The summed E-state index contributed by atoms with van der Waals surface area (Å²) in [7, 11) is 0. The van der Waals surface area contributed by atoms with Crippen molar-refractivity contribution in [2.75, 3.05) is 13.2 Å². The second-order valence-electron chi connectivity index (χ2n) is 5.00. The van der Waals surface area contributed by atoms with Crippen LogP contribution in [-0.4, -0.2) is 24.7 Å². The van der Waals surface area contributed by atoms with Gasteiger partial charge >= 0.3 is 0 Å². The Morgan fingerprint density at radius 1 is 1.43 bits per heavy atom. The zero-order chi connectivity index (χ0) is 10.6. The minimum absolute atomic E-state index is 0.00632. The van der Waals surface area contributed by atoms with Crippen LogP contribution in [0.25, 0.3) is 0 Å². The third kappa shape index (κ3) is 4.61. The first-order valence-corrected chi connectivity index (χ1v) is 5.38. The van der Waals surface area contributed by atoms with Crippen LogP contribution < -0.4 is 5.32 Å². The van der Waals surface area contributed by atoms with E-state index in [4.69, 9.17) is 4.74 Å². The highest BCUT2D eigenvalue weighted by atomic mass is 16.5. The minimum atomic E-state index is -0.228. The van der Waals surface area contributed by atoms with Gasteiger partial charge in [-0.2, -0.15) is 0 Å². The molecule has 0 unspecified atom stereocenters. The molecule has 0 aliphatic heterocycles. The fourth-order valence-electron chi connectivity index (χ4n) is 1.29. The van der Waals surface area contributed by atoms with E-state index in [1.54, 1.807) is 0 Å². The summed E-state index contributed by atoms with van der Waals surface area (Å²) in [5.41, 5.74) is -0.228. The zero-order valence-electron chi connectivity index (χ0n) is 9.43. The summed E-state index contributed by atoms with van der Waals surface area (Å²) in [5, 5.41) is 2.89. The van der Waals surface area contributed by atoms with Crippen molar-refractivity contribution in [3.63, 3.8) is 0 Å². The van der Waals surface area contributed by atoms with Gasteiger partial charge in [0.25, 0.3) is 0 Å². The summed E-state index contributed by atoms with van der Waals surface area (Å²) in [6, 6.07) is 0. The molecule has 0 spiro atoms. The lowest BCUT2D eigenvalue weighted by Gasteiger charge is -2.25. The molecule has 1 aliphatic rings. The fraction of sp³-hybridized carbons (Fsp3) is 0.909. The van der Waals surface area contributed by atoms with E-state index < -0.39 is 0 Å². The molecule has 82 valence electrons. The van der Waals surface area contributed by atoms with Gasteiger partial charge in [0.15, 0.2) is 0 Å². The second kappa shape index (κ2) is 4.78. The summed E-state index contributed by atoms with van der Waals surface area (Å²) in [6.07, 6.45) is 3.85. The van der Waals surface area contributed by atoms with Gasteiger partial charge in [0.05, 0.1) is 5.60 Å². The summed E-state index contributed by atoms with van der Waals surface area (Å²) in [4.78, 5) is 11.3. The largest absolute Gasteiger partial charge is 0.366 e. The molecule has 3 heteroatoms. The normalized spacial score (nSPS) is 17.6. The molecule has 0 aromatic carbocycles. The predicted molar refractivity (Wildman–Crippen MR) is 56.1 cm³/mol. The molecule has 0 heterocycles. The van der Waals surface area contributed by atoms with E-state index in [-0.39, 0.29) is 18.1 Å². The average Bonchev–Trinajstić information content (AvgIpc) is 1.96. The molecular weight excluding hydrogens is 178 g/mol. The molecule has 0 bridgehead atoms. The average molecular weight is 199 g/mol. The molecule has 1 amide bonds. The molecule has 14 heavy (non-hydrogen) atoms. The van der Waals surface area contributed by atoms with Crippen LogP contribution in [0.3, 0.4) is 0 Å². The van der Waals surface area contributed by atoms with Crippen molar-refractivity contribution >= 4 is 5.91 Å². The molecule has 1 saturated carbocycles. The zero-order valence-corrected chi connectivity index (χ0v) is 9.43. The van der Waals surface area contributed by atoms with Gasteiger partial charge in [-0.25, -0.2) is 0 Å². The maximum Gasteiger partial charge on any atom is 0.246 e. The SMILES string of the molecule is CC(C)(C)OCC(=O)NCC1CCC1. The fourth-order valence-corrected chi connectivity index (χ4v) is 1.29. The van der Waals surface area contributed by atoms with Crippen LogP contribution in [0.15, 0.2) is 0 Å². The van der Waals surface area contributed by atoms with E-state index in [1.165, 1.54) is 19.3 Å². The maximum absolute atomic E-state index is 11.3. The van der Waals surface area contributed by atoms with Crippen LogP contribution in [0.1, 0.15) is 40.0 Å². The number of rotatable bonds is 4. The van der Waals surface area contributed by atoms with Crippen LogP contribution in [0.2, 0.25) is 0 Å². The lowest BCUT2D eigenvalue weighted by Crippen LogP contribution is -2.36. The third-order valence-electron chi connectivity index (χ3n) is 2.45. The third-order valence-corrected chi connectivity index (χ3v) is 2.45. The molecule has 1 N–H and O–H groups in total. The first kappa shape index (κ1) is 11.5. The Balaban J connectivity index is 2.03. The van der Waals surface area contributed by atoms with Crippen molar-refractivity contribution in [2.45, 2.75) is 45.6 Å². The summed E-state index contributed by atoms with van der Waals surface area (Å²) in [5.74, 6) is 0.723. The molecule has 1 fully saturated rings. The number of carbonyl (C=O) groups is 1. The summed E-state index contributed by atoms with van der Waals surface area (Å²) >= 11 is 0. The summed E-state index contributed by atoms with van der Waals surface area (Å²) in [6.45, 7) is 6.85. The first-order chi connectivity index (χ1) is 6.47. The van der Waals surface area contributed by atoms with Gasteiger partial charge < -0.3 is 10.1 Å². The highest BCUT2D eigenvalue weighted by Gasteiger charge is 2.18. The number of amides is 1. The Bertz CT molecular complexity index is 192. The Labute approximate surface area is 86.2 Å². The van der Waals surface area contributed by atoms with Crippen LogP contribution in [0, 0.1) is 5.92 Å². The van der Waals surface area contributed by atoms with Gasteiger partial charge in [-0.1, -0.05) is 6.42 Å². The monoisotopic (exact) mass is 199 g/mol. The van der Waals surface area contributed by atoms with E-state index in [0.717, 1.165) is 6.54 Å². The molecule has 1 rings (SSSR count). The van der Waals surface area contributed by atoms with Gasteiger partial charge in [-0.15, -0.1) is 0 Å². The highest BCUT2D eigenvalue weighted by Crippen LogP contribution is 2.25. The first-order valence-electron chi connectivity index (χ1n) is 5.38. The quantitative estimate of drug-likeness (QED) is 0.748. The lowest BCUT2D eigenvalue weighted by atomic mass is 9.85. The number of carbonyl (C=O) groups excluding carboxylic acids is 1. The van der Waals surface area contributed by atoms with Gasteiger partial charge in [0.1, 0.15) is 6.61 Å². The van der Waals surface area contributed by atoms with Crippen LogP contribution in [0.5, 0.6) is 0 Å². The number of hydrogen-bond acceptors (Lipinski definition) is 2. The molecular formula is C11H21NO2. The van der Waals surface area contributed by atoms with Gasteiger partial charge in [-0.3, -0.25) is 4.79 Å². The summed E-state index contributed by atoms with van der Waals surface area (Å²) < 4.78 is 5.36.